The first-order valence-electron chi connectivity index (χ1n) is 6.16. The maximum Gasteiger partial charge on any atom is 0.325 e. The molecular weight excluding hydrogens is 258 g/mol. The molecule has 0 bridgehead atoms. The van der Waals surface area contributed by atoms with Crippen molar-refractivity contribution in [3.8, 4) is 5.75 Å². The van der Waals surface area contributed by atoms with Crippen LogP contribution in [0.3, 0.4) is 0 Å². The molecule has 106 valence electrons. The van der Waals surface area contributed by atoms with Gasteiger partial charge < -0.3 is 20.1 Å². The van der Waals surface area contributed by atoms with E-state index in [0.717, 1.165) is 11.4 Å². The maximum atomic E-state index is 11.0. The average Bonchev–Trinajstić information content (AvgIpc) is 2.83. The molecule has 3 N–H and O–H groups in total. The van der Waals surface area contributed by atoms with Gasteiger partial charge in [0.1, 0.15) is 17.6 Å². The normalized spacial score (nSPS) is 12.2. The first kappa shape index (κ1) is 14.1. The topological polar surface area (TPSA) is 90.4 Å². The molecule has 0 unspecified atom stereocenters. The van der Waals surface area contributed by atoms with Gasteiger partial charge >= 0.3 is 5.97 Å². The summed E-state index contributed by atoms with van der Waals surface area (Å²) in [6.07, 6.45) is 3.58. The van der Waals surface area contributed by atoms with E-state index in [4.69, 9.17) is 15.6 Å². The average molecular weight is 275 g/mol. The molecule has 2 aromatic rings. The fourth-order valence-corrected chi connectivity index (χ4v) is 2.01. The molecule has 0 aliphatic rings. The van der Waals surface area contributed by atoms with Crippen molar-refractivity contribution in [2.75, 3.05) is 7.11 Å². The molecule has 6 nitrogen and oxygen atoms in total. The van der Waals surface area contributed by atoms with Crippen molar-refractivity contribution in [1.29, 1.82) is 0 Å². The molecule has 0 aliphatic carbocycles. The Morgan fingerprint density at radius 1 is 1.55 bits per heavy atom. The van der Waals surface area contributed by atoms with Crippen LogP contribution in [-0.4, -0.2) is 27.7 Å². The summed E-state index contributed by atoms with van der Waals surface area (Å²) in [5.41, 5.74) is 7.05. The number of carboxylic acid groups (broad SMARTS) is 1. The number of nitrogens with two attached hydrogens (primary N) is 1. The Bertz CT molecular complexity index is 622. The van der Waals surface area contributed by atoms with E-state index in [0.29, 0.717) is 17.9 Å². The van der Waals surface area contributed by atoms with Crippen LogP contribution in [0.5, 0.6) is 5.75 Å². The zero-order valence-corrected chi connectivity index (χ0v) is 11.4. The molecule has 0 fully saturated rings. The third kappa shape index (κ3) is 2.80. The number of aliphatic carboxylic acids is 1. The number of methoxy groups -OCH3 is 1. The highest BCUT2D eigenvalue weighted by Crippen LogP contribution is 2.24. The fourth-order valence-electron chi connectivity index (χ4n) is 2.01. The lowest BCUT2D eigenvalue weighted by molar-refractivity contribution is -0.138. The van der Waals surface area contributed by atoms with Gasteiger partial charge in [0.25, 0.3) is 0 Å². The van der Waals surface area contributed by atoms with Crippen LogP contribution in [0.1, 0.15) is 23.0 Å². The number of hydrogen-bond donors (Lipinski definition) is 2. The summed E-state index contributed by atoms with van der Waals surface area (Å²) in [6, 6.07) is 4.13. The van der Waals surface area contributed by atoms with Crippen LogP contribution < -0.4 is 10.5 Å². The van der Waals surface area contributed by atoms with Crippen molar-refractivity contribution < 1.29 is 14.6 Å². The third-order valence-corrected chi connectivity index (χ3v) is 3.19. The molecule has 0 spiro atoms. The van der Waals surface area contributed by atoms with Gasteiger partial charge in [-0.3, -0.25) is 4.79 Å². The van der Waals surface area contributed by atoms with E-state index in [-0.39, 0.29) is 0 Å². The molecule has 6 heteroatoms. The number of nitrogens with zero attached hydrogens (tertiary/aromatic N) is 2. The highest BCUT2D eigenvalue weighted by Gasteiger charge is 2.16. The lowest BCUT2D eigenvalue weighted by Crippen LogP contribution is -2.21. The van der Waals surface area contributed by atoms with E-state index in [2.05, 4.69) is 4.98 Å². The van der Waals surface area contributed by atoms with Gasteiger partial charge in [-0.1, -0.05) is 6.07 Å². The quantitative estimate of drug-likeness (QED) is 0.859. The predicted molar refractivity (Wildman–Crippen MR) is 73.6 cm³/mol. The second-order valence-electron chi connectivity index (χ2n) is 4.49. The SMILES string of the molecule is COc1ccc([C@H](N)C(=O)O)cc1Cn1ccnc1C. The van der Waals surface area contributed by atoms with E-state index in [9.17, 15) is 4.79 Å². The van der Waals surface area contributed by atoms with Crippen LogP contribution >= 0.6 is 0 Å². The Kier molecular flexibility index (Phi) is 4.05. The molecule has 0 amide bonds. The first-order chi connectivity index (χ1) is 9.52. The number of hydrogen-bond acceptors (Lipinski definition) is 4. The lowest BCUT2D eigenvalue weighted by Gasteiger charge is -2.14. The van der Waals surface area contributed by atoms with Crippen LogP contribution in [0.4, 0.5) is 0 Å². The van der Waals surface area contributed by atoms with Crippen molar-refractivity contribution in [3.63, 3.8) is 0 Å². The van der Waals surface area contributed by atoms with Crippen LogP contribution in [0, 0.1) is 6.92 Å². The predicted octanol–water partition coefficient (Wildman–Crippen LogP) is 1.33. The monoisotopic (exact) mass is 275 g/mol. The molecule has 0 radical (unpaired) electrons. The van der Waals surface area contributed by atoms with Crippen molar-refractivity contribution in [3.05, 3.63) is 47.5 Å². The minimum Gasteiger partial charge on any atom is -0.496 e. The summed E-state index contributed by atoms with van der Waals surface area (Å²) >= 11 is 0. The molecule has 0 saturated heterocycles. The number of imidazole rings is 1. The fraction of sp³-hybridized carbons (Fsp3) is 0.286. The zero-order valence-electron chi connectivity index (χ0n) is 11.4. The standard InChI is InChI=1S/C14H17N3O3/c1-9-16-5-6-17(9)8-11-7-10(13(15)14(18)19)3-4-12(11)20-2/h3-7,13H,8,15H2,1-2H3,(H,18,19)/t13-/m0/s1. The lowest BCUT2D eigenvalue weighted by atomic mass is 10.0. The van der Waals surface area contributed by atoms with Crippen LogP contribution in [-0.2, 0) is 11.3 Å². The highest BCUT2D eigenvalue weighted by molar-refractivity contribution is 5.75. The van der Waals surface area contributed by atoms with Crippen LogP contribution in [0.15, 0.2) is 30.6 Å². The molecule has 0 aliphatic heterocycles. The van der Waals surface area contributed by atoms with E-state index in [1.54, 1.807) is 31.5 Å². The summed E-state index contributed by atoms with van der Waals surface area (Å²) in [5, 5.41) is 8.98. The number of aromatic nitrogens is 2. The molecular formula is C14H17N3O3. The molecule has 1 aromatic heterocycles. The number of aryl methyl sites for hydroxylation is 1. The largest absolute Gasteiger partial charge is 0.496 e. The summed E-state index contributed by atoms with van der Waals surface area (Å²) in [7, 11) is 1.58. The van der Waals surface area contributed by atoms with Crippen molar-refractivity contribution in [2.24, 2.45) is 5.73 Å². The zero-order chi connectivity index (χ0) is 14.7. The third-order valence-electron chi connectivity index (χ3n) is 3.19. The molecule has 2 rings (SSSR count). The van der Waals surface area contributed by atoms with Gasteiger partial charge in [-0.15, -0.1) is 0 Å². The summed E-state index contributed by atoms with van der Waals surface area (Å²) in [5.74, 6) is 0.513. The van der Waals surface area contributed by atoms with Crippen molar-refractivity contribution >= 4 is 5.97 Å². The van der Waals surface area contributed by atoms with Crippen LogP contribution in [0.25, 0.3) is 0 Å². The smallest absolute Gasteiger partial charge is 0.325 e. The second kappa shape index (κ2) is 5.75. The number of ether oxygens (including phenoxy) is 1. The van der Waals surface area contributed by atoms with Gasteiger partial charge in [-0.2, -0.15) is 0 Å². The minimum atomic E-state index is -1.06. The molecule has 0 saturated carbocycles. The molecule has 1 heterocycles. The Balaban J connectivity index is 2.37. The van der Waals surface area contributed by atoms with Gasteiger partial charge in [0.05, 0.1) is 13.7 Å². The van der Waals surface area contributed by atoms with Gasteiger partial charge in [0.15, 0.2) is 0 Å². The molecule has 1 atom stereocenters. The van der Waals surface area contributed by atoms with E-state index in [1.165, 1.54) is 0 Å². The Morgan fingerprint density at radius 2 is 2.30 bits per heavy atom. The van der Waals surface area contributed by atoms with Gasteiger partial charge in [0, 0.05) is 18.0 Å². The second-order valence-corrected chi connectivity index (χ2v) is 4.49. The number of carbonyl (C=O) groups is 1. The first-order valence-corrected chi connectivity index (χ1v) is 6.16. The maximum absolute atomic E-state index is 11.0. The Morgan fingerprint density at radius 3 is 2.85 bits per heavy atom. The number of carboxylic acids is 1. The summed E-state index contributed by atoms with van der Waals surface area (Å²) in [6.45, 7) is 2.45. The van der Waals surface area contributed by atoms with Gasteiger partial charge in [-0.25, -0.2) is 4.98 Å². The molecule has 1 aromatic carbocycles. The minimum absolute atomic E-state index is 0.547. The van der Waals surface area contributed by atoms with Gasteiger partial charge in [0.2, 0.25) is 0 Å². The van der Waals surface area contributed by atoms with E-state index in [1.807, 2.05) is 17.7 Å². The highest BCUT2D eigenvalue weighted by atomic mass is 16.5. The van der Waals surface area contributed by atoms with E-state index < -0.39 is 12.0 Å². The van der Waals surface area contributed by atoms with Gasteiger partial charge in [-0.05, 0) is 24.6 Å². The Labute approximate surface area is 116 Å². The molecule has 20 heavy (non-hydrogen) atoms. The number of rotatable bonds is 5. The number of benzene rings is 1. The van der Waals surface area contributed by atoms with Crippen LogP contribution in [0.2, 0.25) is 0 Å². The van der Waals surface area contributed by atoms with Crippen molar-refractivity contribution in [1.82, 2.24) is 9.55 Å². The van der Waals surface area contributed by atoms with Crippen molar-refractivity contribution in [2.45, 2.75) is 19.5 Å². The summed E-state index contributed by atoms with van der Waals surface area (Å²) in [4.78, 5) is 15.1. The Hall–Kier alpha value is -2.34. The summed E-state index contributed by atoms with van der Waals surface area (Å²) < 4.78 is 7.26. The van der Waals surface area contributed by atoms with E-state index >= 15 is 0 Å².